The zero-order valence-corrected chi connectivity index (χ0v) is 23.9. The van der Waals surface area contributed by atoms with Crippen LogP contribution in [0.25, 0.3) is 33.5 Å². The van der Waals surface area contributed by atoms with Crippen LogP contribution in [-0.4, -0.2) is 95.8 Å². The highest BCUT2D eigenvalue weighted by atomic mass is 35.5. The van der Waals surface area contributed by atoms with Crippen molar-refractivity contribution in [1.29, 1.82) is 0 Å². The largest absolute Gasteiger partial charge is 0.478 e. The van der Waals surface area contributed by atoms with Gasteiger partial charge in [-0.3, -0.25) is 10.00 Å². The van der Waals surface area contributed by atoms with Crippen LogP contribution in [-0.2, 0) is 9.47 Å². The summed E-state index contributed by atoms with van der Waals surface area (Å²) in [4.78, 5) is 18.9. The zero-order chi connectivity index (χ0) is 27.4. The smallest absolute Gasteiger partial charge is 0.232 e. The van der Waals surface area contributed by atoms with Crippen molar-refractivity contribution in [2.75, 3.05) is 76.0 Å². The SMILES string of the molecule is Cl.c1ccc(-c2cc(Nc3nc(N4CCOCC4)c4oc5nc(OCCCN6CCOCC6)ccc5c4n3)n[nH]2)cc1. The quantitative estimate of drug-likeness (QED) is 0.238. The summed E-state index contributed by atoms with van der Waals surface area (Å²) in [6.07, 6.45) is 0.917. The fourth-order valence-corrected chi connectivity index (χ4v) is 5.17. The number of pyridine rings is 1. The predicted molar refractivity (Wildman–Crippen MR) is 162 cm³/mol. The van der Waals surface area contributed by atoms with Crippen molar-refractivity contribution in [3.05, 3.63) is 48.5 Å². The number of aromatic nitrogens is 5. The Bertz CT molecular complexity index is 1620. The standard InChI is InChI=1S/C29H32N8O4.ClH/c1-2-5-20(6-3-1)22-19-23(35-34-22)30-29-32-25-21-7-8-24(40-14-4-9-36-10-15-38-16-11-36)31-28(21)41-26(25)27(33-29)37-12-17-39-18-13-37;/h1-3,5-8,19H,4,9-18H2,(H2,30,32,33,34,35);1H. The fourth-order valence-electron chi connectivity index (χ4n) is 5.17. The second-order valence-electron chi connectivity index (χ2n) is 10.1. The van der Waals surface area contributed by atoms with Crippen molar-refractivity contribution in [3.63, 3.8) is 0 Å². The van der Waals surface area contributed by atoms with E-state index >= 15 is 0 Å². The molecule has 2 aliphatic rings. The van der Waals surface area contributed by atoms with E-state index in [1.165, 1.54) is 0 Å². The Morgan fingerprint density at radius 2 is 1.69 bits per heavy atom. The Balaban J connectivity index is 0.00000316. The molecule has 0 amide bonds. The molecule has 0 unspecified atom stereocenters. The first-order valence-electron chi connectivity index (χ1n) is 14.0. The number of hydrogen-bond acceptors (Lipinski definition) is 11. The van der Waals surface area contributed by atoms with Crippen LogP contribution in [0.15, 0.2) is 52.9 Å². The molecule has 0 saturated carbocycles. The first kappa shape index (κ1) is 28.2. The maximum atomic E-state index is 6.28. The Morgan fingerprint density at radius 1 is 0.905 bits per heavy atom. The first-order valence-corrected chi connectivity index (χ1v) is 14.0. The van der Waals surface area contributed by atoms with Crippen LogP contribution in [0.2, 0.25) is 0 Å². The van der Waals surface area contributed by atoms with Gasteiger partial charge in [0.25, 0.3) is 0 Å². The molecule has 0 atom stereocenters. The van der Waals surface area contributed by atoms with Gasteiger partial charge in [-0.1, -0.05) is 30.3 Å². The third-order valence-corrected chi connectivity index (χ3v) is 7.32. The maximum Gasteiger partial charge on any atom is 0.232 e. The van der Waals surface area contributed by atoms with Gasteiger partial charge in [0.15, 0.2) is 17.2 Å². The van der Waals surface area contributed by atoms with Crippen molar-refractivity contribution in [2.45, 2.75) is 6.42 Å². The van der Waals surface area contributed by atoms with E-state index in [1.54, 1.807) is 0 Å². The number of nitrogens with one attached hydrogen (secondary N) is 2. The van der Waals surface area contributed by atoms with Crippen LogP contribution in [0.1, 0.15) is 6.42 Å². The number of anilines is 3. The summed E-state index contributed by atoms with van der Waals surface area (Å²) in [5.41, 5.74) is 3.70. The molecule has 12 nitrogen and oxygen atoms in total. The number of benzene rings is 1. The normalized spacial score (nSPS) is 16.0. The average molecular weight is 593 g/mol. The molecule has 0 bridgehead atoms. The molecule has 2 N–H and O–H groups in total. The highest BCUT2D eigenvalue weighted by molar-refractivity contribution is 6.05. The van der Waals surface area contributed by atoms with Crippen molar-refractivity contribution < 1.29 is 18.6 Å². The van der Waals surface area contributed by atoms with Crippen molar-refractivity contribution in [1.82, 2.24) is 30.0 Å². The highest BCUT2D eigenvalue weighted by Crippen LogP contribution is 2.35. The zero-order valence-electron chi connectivity index (χ0n) is 23.1. The van der Waals surface area contributed by atoms with Gasteiger partial charge < -0.3 is 28.8 Å². The lowest BCUT2D eigenvalue weighted by Crippen LogP contribution is -2.37. The molecule has 0 aliphatic carbocycles. The summed E-state index contributed by atoms with van der Waals surface area (Å²) in [5.74, 6) is 2.28. The number of ether oxygens (including phenoxy) is 3. The number of halogens is 1. The summed E-state index contributed by atoms with van der Waals surface area (Å²) >= 11 is 0. The summed E-state index contributed by atoms with van der Waals surface area (Å²) in [7, 11) is 0. The molecule has 7 rings (SSSR count). The number of morpholine rings is 2. The minimum Gasteiger partial charge on any atom is -0.478 e. The third-order valence-electron chi connectivity index (χ3n) is 7.32. The molecular formula is C29H33ClN8O4. The summed E-state index contributed by atoms with van der Waals surface area (Å²) < 4.78 is 23.3. The molecule has 6 heterocycles. The molecule has 42 heavy (non-hydrogen) atoms. The van der Waals surface area contributed by atoms with Crippen LogP contribution in [0.5, 0.6) is 5.88 Å². The Hall–Kier alpha value is -3.97. The second-order valence-corrected chi connectivity index (χ2v) is 10.1. The van der Waals surface area contributed by atoms with Gasteiger partial charge in [0.1, 0.15) is 5.52 Å². The van der Waals surface area contributed by atoms with Gasteiger partial charge >= 0.3 is 0 Å². The van der Waals surface area contributed by atoms with Gasteiger partial charge in [-0.05, 0) is 18.1 Å². The lowest BCUT2D eigenvalue weighted by Gasteiger charge is -2.27. The highest BCUT2D eigenvalue weighted by Gasteiger charge is 2.23. The van der Waals surface area contributed by atoms with Crippen LogP contribution in [0.3, 0.4) is 0 Å². The third kappa shape index (κ3) is 6.12. The van der Waals surface area contributed by atoms with Gasteiger partial charge in [0.2, 0.25) is 17.5 Å². The summed E-state index contributed by atoms with van der Waals surface area (Å²) in [6.45, 7) is 7.75. The fraction of sp³-hybridized carbons (Fsp3) is 0.379. The molecule has 13 heteroatoms. The van der Waals surface area contributed by atoms with Crippen LogP contribution < -0.4 is 15.0 Å². The summed E-state index contributed by atoms with van der Waals surface area (Å²) in [5, 5.41) is 11.6. The number of furan rings is 1. The van der Waals surface area contributed by atoms with E-state index in [9.17, 15) is 0 Å². The van der Waals surface area contributed by atoms with Crippen molar-refractivity contribution in [2.24, 2.45) is 0 Å². The van der Waals surface area contributed by atoms with E-state index in [1.807, 2.05) is 48.5 Å². The number of H-pyrrole nitrogens is 1. The Morgan fingerprint density at radius 3 is 2.50 bits per heavy atom. The minimum absolute atomic E-state index is 0. The molecule has 0 radical (unpaired) electrons. The van der Waals surface area contributed by atoms with E-state index in [4.69, 9.17) is 28.6 Å². The number of nitrogens with zero attached hydrogens (tertiary/aromatic N) is 6. The Labute approximate surface area is 248 Å². The van der Waals surface area contributed by atoms with Crippen LogP contribution >= 0.6 is 12.4 Å². The lowest BCUT2D eigenvalue weighted by molar-refractivity contribution is 0.0357. The molecule has 2 fully saturated rings. The van der Waals surface area contributed by atoms with Crippen LogP contribution in [0.4, 0.5) is 17.6 Å². The van der Waals surface area contributed by atoms with E-state index in [0.29, 0.717) is 73.2 Å². The van der Waals surface area contributed by atoms with Crippen LogP contribution in [0, 0.1) is 0 Å². The number of aromatic amines is 1. The maximum absolute atomic E-state index is 6.28. The lowest BCUT2D eigenvalue weighted by atomic mass is 10.2. The molecule has 4 aromatic heterocycles. The molecule has 2 aliphatic heterocycles. The minimum atomic E-state index is 0. The number of fused-ring (bicyclic) bond motifs is 3. The average Bonchev–Trinajstić information content (AvgIpc) is 3.65. The second kappa shape index (κ2) is 12.9. The van der Waals surface area contributed by atoms with Crippen molar-refractivity contribution in [3.8, 4) is 17.1 Å². The Kier molecular flexibility index (Phi) is 8.65. The number of rotatable bonds is 9. The monoisotopic (exact) mass is 592 g/mol. The number of hydrogen-bond donors (Lipinski definition) is 2. The van der Waals surface area contributed by atoms with Gasteiger partial charge in [-0.15, -0.1) is 12.4 Å². The van der Waals surface area contributed by atoms with Gasteiger partial charge in [-0.2, -0.15) is 15.1 Å². The molecule has 5 aromatic rings. The topological polar surface area (TPSA) is 127 Å². The molecule has 2 saturated heterocycles. The van der Waals surface area contributed by atoms with E-state index in [2.05, 4.69) is 30.3 Å². The predicted octanol–water partition coefficient (Wildman–Crippen LogP) is 4.26. The molecule has 220 valence electrons. The molecule has 1 aromatic carbocycles. The van der Waals surface area contributed by atoms with Gasteiger partial charge in [0, 0.05) is 44.9 Å². The van der Waals surface area contributed by atoms with Crippen molar-refractivity contribution >= 4 is 52.2 Å². The molecule has 0 spiro atoms. The summed E-state index contributed by atoms with van der Waals surface area (Å²) in [6, 6.07) is 15.8. The van der Waals surface area contributed by atoms with E-state index < -0.39 is 0 Å². The van der Waals surface area contributed by atoms with E-state index in [-0.39, 0.29) is 12.4 Å². The molecular weight excluding hydrogens is 560 g/mol. The van der Waals surface area contributed by atoms with Gasteiger partial charge in [-0.25, -0.2) is 4.98 Å². The van der Waals surface area contributed by atoms with E-state index in [0.717, 1.165) is 55.9 Å². The first-order chi connectivity index (χ1) is 20.3. The van der Waals surface area contributed by atoms with Gasteiger partial charge in [0.05, 0.1) is 44.1 Å².